The van der Waals surface area contributed by atoms with Crippen LogP contribution in [0.15, 0.2) is 52.3 Å². The first-order valence-electron chi connectivity index (χ1n) is 9.22. The highest BCUT2D eigenvalue weighted by atomic mass is 35.5. The van der Waals surface area contributed by atoms with Crippen LogP contribution < -0.4 is 4.90 Å². The minimum atomic E-state index is 0.800. The van der Waals surface area contributed by atoms with Crippen molar-refractivity contribution in [3.8, 4) is 0 Å². The molecule has 0 saturated carbocycles. The molecule has 0 fully saturated rings. The summed E-state index contributed by atoms with van der Waals surface area (Å²) in [5, 5.41) is 0.800. The summed E-state index contributed by atoms with van der Waals surface area (Å²) in [6.45, 7) is 4.40. The number of nitrogens with zero attached hydrogens (tertiary/aromatic N) is 3. The molecule has 5 heteroatoms. The standard InChI is InChI=1S/C21H28ClN3S/c1-23(2)12-6-13-24(3)14-7-15-25-18-8-4-5-9-20(18)26-21-11-10-17(22)16-19(21)25/h4-5,8-11,16H,6-7,12-15H2,1-3H3. The normalized spacial score (nSPS) is 13.2. The molecule has 0 unspecified atom stereocenters. The fourth-order valence-corrected chi connectivity index (χ4v) is 4.55. The van der Waals surface area contributed by atoms with Crippen LogP contribution in [0.1, 0.15) is 12.8 Å². The highest BCUT2D eigenvalue weighted by Gasteiger charge is 2.23. The third-order valence-electron chi connectivity index (χ3n) is 4.65. The molecule has 0 spiro atoms. The Morgan fingerprint density at radius 2 is 1.62 bits per heavy atom. The second-order valence-electron chi connectivity index (χ2n) is 7.15. The lowest BCUT2D eigenvalue weighted by Crippen LogP contribution is -2.28. The first-order valence-corrected chi connectivity index (χ1v) is 10.4. The molecular weight excluding hydrogens is 362 g/mol. The highest BCUT2D eigenvalue weighted by molar-refractivity contribution is 7.99. The van der Waals surface area contributed by atoms with Gasteiger partial charge in [-0.25, -0.2) is 0 Å². The first-order chi connectivity index (χ1) is 12.5. The molecule has 3 nitrogen and oxygen atoms in total. The maximum atomic E-state index is 6.29. The number of anilines is 2. The molecule has 1 aliphatic heterocycles. The second kappa shape index (κ2) is 9.14. The largest absolute Gasteiger partial charge is 0.340 e. The van der Waals surface area contributed by atoms with Crippen LogP contribution in [-0.2, 0) is 0 Å². The van der Waals surface area contributed by atoms with Gasteiger partial charge in [-0.1, -0.05) is 35.5 Å². The van der Waals surface area contributed by atoms with E-state index in [4.69, 9.17) is 11.6 Å². The second-order valence-corrected chi connectivity index (χ2v) is 8.67. The minimum Gasteiger partial charge on any atom is -0.340 e. The number of hydrogen-bond donors (Lipinski definition) is 0. The summed E-state index contributed by atoms with van der Waals surface area (Å²) in [6, 6.07) is 14.9. The van der Waals surface area contributed by atoms with Gasteiger partial charge in [0.15, 0.2) is 0 Å². The zero-order valence-corrected chi connectivity index (χ0v) is 17.5. The maximum Gasteiger partial charge on any atom is 0.0567 e. The van der Waals surface area contributed by atoms with Crippen molar-refractivity contribution in [2.45, 2.75) is 22.6 Å². The van der Waals surface area contributed by atoms with Crippen LogP contribution in [0.5, 0.6) is 0 Å². The molecule has 2 aromatic carbocycles. The molecule has 26 heavy (non-hydrogen) atoms. The molecule has 0 saturated heterocycles. The lowest BCUT2D eigenvalue weighted by atomic mass is 10.2. The smallest absolute Gasteiger partial charge is 0.0567 e. The SMILES string of the molecule is CN(C)CCCN(C)CCCN1c2ccccc2Sc2ccc(Cl)cc21. The van der Waals surface area contributed by atoms with Crippen LogP contribution in [0.2, 0.25) is 5.02 Å². The van der Waals surface area contributed by atoms with Crippen molar-refractivity contribution >= 4 is 34.7 Å². The fourth-order valence-electron chi connectivity index (χ4n) is 3.31. The zero-order valence-electron chi connectivity index (χ0n) is 15.9. The molecule has 0 amide bonds. The third kappa shape index (κ3) is 4.95. The van der Waals surface area contributed by atoms with Gasteiger partial charge in [0.1, 0.15) is 0 Å². The van der Waals surface area contributed by atoms with Crippen LogP contribution in [0.4, 0.5) is 11.4 Å². The molecule has 140 valence electrons. The molecule has 0 bridgehead atoms. The van der Waals surface area contributed by atoms with E-state index in [1.165, 1.54) is 27.6 Å². The van der Waals surface area contributed by atoms with Crippen molar-refractivity contribution in [1.82, 2.24) is 9.80 Å². The highest BCUT2D eigenvalue weighted by Crippen LogP contribution is 2.48. The summed E-state index contributed by atoms with van der Waals surface area (Å²) < 4.78 is 0. The van der Waals surface area contributed by atoms with Crippen molar-refractivity contribution in [1.29, 1.82) is 0 Å². The van der Waals surface area contributed by atoms with E-state index < -0.39 is 0 Å². The van der Waals surface area contributed by atoms with Crippen LogP contribution in [0.25, 0.3) is 0 Å². The first kappa shape index (κ1) is 19.6. The number of fused-ring (bicyclic) bond motifs is 2. The van der Waals surface area contributed by atoms with E-state index in [1.807, 2.05) is 17.8 Å². The summed E-state index contributed by atoms with van der Waals surface area (Å²) in [7, 11) is 6.49. The molecule has 1 heterocycles. The summed E-state index contributed by atoms with van der Waals surface area (Å²) in [5.74, 6) is 0. The van der Waals surface area contributed by atoms with Crippen molar-refractivity contribution in [3.05, 3.63) is 47.5 Å². The molecule has 0 aromatic heterocycles. The van der Waals surface area contributed by atoms with Crippen molar-refractivity contribution in [2.75, 3.05) is 52.2 Å². The fraction of sp³-hybridized carbons (Fsp3) is 0.429. The Bertz CT molecular complexity index is 735. The molecule has 2 aromatic rings. The number of rotatable bonds is 8. The number of halogens is 1. The van der Waals surface area contributed by atoms with E-state index in [2.05, 4.69) is 72.2 Å². The van der Waals surface area contributed by atoms with Crippen LogP contribution >= 0.6 is 23.4 Å². The summed E-state index contributed by atoms with van der Waals surface area (Å²) in [6.07, 6.45) is 2.34. The van der Waals surface area contributed by atoms with Crippen molar-refractivity contribution in [2.24, 2.45) is 0 Å². The van der Waals surface area contributed by atoms with E-state index >= 15 is 0 Å². The molecular formula is C21H28ClN3S. The number of hydrogen-bond acceptors (Lipinski definition) is 4. The molecule has 0 aliphatic carbocycles. The molecule has 0 atom stereocenters. The van der Waals surface area contributed by atoms with Gasteiger partial charge in [0.2, 0.25) is 0 Å². The van der Waals surface area contributed by atoms with Crippen molar-refractivity contribution < 1.29 is 0 Å². The molecule has 3 rings (SSSR count). The van der Waals surface area contributed by atoms with Gasteiger partial charge in [-0.2, -0.15) is 0 Å². The van der Waals surface area contributed by atoms with Crippen LogP contribution in [0, 0.1) is 0 Å². The quantitative estimate of drug-likeness (QED) is 0.612. The van der Waals surface area contributed by atoms with Gasteiger partial charge in [0.05, 0.1) is 11.4 Å². The molecule has 0 radical (unpaired) electrons. The monoisotopic (exact) mass is 389 g/mol. The van der Waals surface area contributed by atoms with Crippen LogP contribution in [-0.4, -0.2) is 57.1 Å². The Morgan fingerprint density at radius 3 is 2.42 bits per heavy atom. The Hall–Kier alpha value is -1.20. The Kier molecular flexibility index (Phi) is 6.87. The van der Waals surface area contributed by atoms with E-state index in [9.17, 15) is 0 Å². The average molecular weight is 390 g/mol. The Labute approximate surface area is 166 Å². The minimum absolute atomic E-state index is 0.800. The van der Waals surface area contributed by atoms with E-state index in [1.54, 1.807) is 0 Å². The molecule has 0 N–H and O–H groups in total. The van der Waals surface area contributed by atoms with Gasteiger partial charge in [-0.05, 0) is 84.0 Å². The maximum absolute atomic E-state index is 6.29. The lowest BCUT2D eigenvalue weighted by Gasteiger charge is -2.33. The predicted molar refractivity (Wildman–Crippen MR) is 114 cm³/mol. The lowest BCUT2D eigenvalue weighted by molar-refractivity contribution is 0.298. The van der Waals surface area contributed by atoms with Gasteiger partial charge in [0.25, 0.3) is 0 Å². The predicted octanol–water partition coefficient (Wildman–Crippen LogP) is 5.22. The van der Waals surface area contributed by atoms with E-state index in [0.717, 1.165) is 37.6 Å². The van der Waals surface area contributed by atoms with Gasteiger partial charge in [-0.15, -0.1) is 0 Å². The topological polar surface area (TPSA) is 9.72 Å². The average Bonchev–Trinajstić information content (AvgIpc) is 2.61. The van der Waals surface area contributed by atoms with Gasteiger partial charge < -0.3 is 14.7 Å². The Morgan fingerprint density at radius 1 is 0.885 bits per heavy atom. The third-order valence-corrected chi connectivity index (χ3v) is 6.02. The summed E-state index contributed by atoms with van der Waals surface area (Å²) >= 11 is 8.12. The van der Waals surface area contributed by atoms with E-state index in [-0.39, 0.29) is 0 Å². The Balaban J connectivity index is 1.65. The van der Waals surface area contributed by atoms with E-state index in [0.29, 0.717) is 0 Å². The number of benzene rings is 2. The van der Waals surface area contributed by atoms with Crippen LogP contribution in [0.3, 0.4) is 0 Å². The number of para-hydroxylation sites is 1. The van der Waals surface area contributed by atoms with Crippen molar-refractivity contribution in [3.63, 3.8) is 0 Å². The zero-order chi connectivity index (χ0) is 18.5. The van der Waals surface area contributed by atoms with Gasteiger partial charge >= 0.3 is 0 Å². The molecule has 1 aliphatic rings. The summed E-state index contributed by atoms with van der Waals surface area (Å²) in [4.78, 5) is 9.72. The van der Waals surface area contributed by atoms with Gasteiger partial charge in [0, 0.05) is 21.4 Å². The van der Waals surface area contributed by atoms with Gasteiger partial charge in [-0.3, -0.25) is 0 Å². The summed E-state index contributed by atoms with van der Waals surface area (Å²) in [5.41, 5.74) is 2.53.